The normalized spacial score (nSPS) is 10.7. The van der Waals surface area contributed by atoms with Crippen molar-refractivity contribution in [3.63, 3.8) is 0 Å². The summed E-state index contributed by atoms with van der Waals surface area (Å²) in [5, 5.41) is 5.21. The summed E-state index contributed by atoms with van der Waals surface area (Å²) < 4.78 is 4.53. The molecule has 1 unspecified atom stereocenters. The second kappa shape index (κ2) is 11.9. The summed E-state index contributed by atoms with van der Waals surface area (Å²) in [5.41, 5.74) is 0.685. The summed E-state index contributed by atoms with van der Waals surface area (Å²) >= 11 is 0. The molecule has 5 heteroatoms. The highest BCUT2D eigenvalue weighted by Crippen LogP contribution is 2.07. The van der Waals surface area contributed by atoms with Crippen LogP contribution in [0, 0.1) is 0 Å². The first-order valence-corrected chi connectivity index (χ1v) is 5.18. The molecule has 0 saturated carbocycles. The highest BCUT2D eigenvalue weighted by molar-refractivity contribution is 5.59. The summed E-state index contributed by atoms with van der Waals surface area (Å²) in [6.07, 6.45) is 2.28. The number of aldehydes is 1. The van der Waals surface area contributed by atoms with Gasteiger partial charge in [-0.1, -0.05) is 25.9 Å². The van der Waals surface area contributed by atoms with Crippen molar-refractivity contribution >= 4 is 6.29 Å². The van der Waals surface area contributed by atoms with E-state index in [4.69, 9.17) is 0 Å². The van der Waals surface area contributed by atoms with Crippen LogP contribution in [0.5, 0.6) is 0 Å². The van der Waals surface area contributed by atoms with Crippen molar-refractivity contribution in [2.75, 3.05) is 21.2 Å². The van der Waals surface area contributed by atoms with E-state index in [1.54, 1.807) is 25.2 Å². The lowest BCUT2D eigenvalue weighted by Gasteiger charge is -2.01. The minimum Gasteiger partial charge on any atom is -0.364 e. The van der Waals surface area contributed by atoms with Crippen molar-refractivity contribution in [2.45, 2.75) is 26.7 Å². The van der Waals surface area contributed by atoms with Crippen molar-refractivity contribution < 1.29 is 14.2 Å². The molecule has 0 saturated heterocycles. The molecule has 0 radical (unpaired) electrons. The molecule has 0 spiro atoms. The van der Waals surface area contributed by atoms with E-state index in [2.05, 4.69) is 14.5 Å². The zero-order valence-electron chi connectivity index (χ0n) is 10.9. The van der Waals surface area contributed by atoms with E-state index in [9.17, 15) is 4.79 Å². The largest absolute Gasteiger partial charge is 0.364 e. The lowest BCUT2D eigenvalue weighted by Crippen LogP contribution is -2.07. The first kappa shape index (κ1) is 17.2. The van der Waals surface area contributed by atoms with E-state index in [1.807, 2.05) is 27.9 Å². The first-order valence-electron chi connectivity index (χ1n) is 5.18. The summed E-state index contributed by atoms with van der Waals surface area (Å²) in [6.45, 7) is 5.77. The average Bonchev–Trinajstić information content (AvgIpc) is 2.85. The molecule has 0 amide bonds. The Bertz CT molecular complexity index is 235. The number of rotatable bonds is 3. The van der Waals surface area contributed by atoms with Crippen LogP contribution in [0.15, 0.2) is 16.9 Å². The Labute approximate surface area is 97.3 Å². The zero-order chi connectivity index (χ0) is 13.0. The summed E-state index contributed by atoms with van der Waals surface area (Å²) in [5.74, 6) is -0.149. The molecule has 0 N–H and O–H groups in total. The van der Waals surface area contributed by atoms with Gasteiger partial charge in [-0.15, -0.1) is 0 Å². The number of nitrogens with zero attached hydrogens (tertiary/aromatic N) is 2. The highest BCUT2D eigenvalue weighted by atomic mass is 16.7. The molecule has 0 fully saturated rings. The Kier molecular flexibility index (Phi) is 12.8. The molecule has 1 atom stereocenters. The highest BCUT2D eigenvalue weighted by Gasteiger charge is 2.04. The van der Waals surface area contributed by atoms with Gasteiger partial charge in [0.05, 0.1) is 18.7 Å². The molecule has 0 aliphatic heterocycles. The fourth-order valence-corrected chi connectivity index (χ4v) is 0.526. The Hall–Kier alpha value is -1.20. The maximum Gasteiger partial charge on any atom is 0.128 e. The van der Waals surface area contributed by atoms with E-state index >= 15 is 0 Å². The van der Waals surface area contributed by atoms with Crippen LogP contribution < -0.4 is 0 Å². The number of aromatic nitrogens is 1. The number of hydrogen-bond acceptors (Lipinski definition) is 5. The molecule has 5 nitrogen and oxygen atoms in total. The molecular weight excluding hydrogens is 208 g/mol. The number of carbonyl (C=O) groups is 1. The third-order valence-electron chi connectivity index (χ3n) is 1.49. The molecule has 0 aliphatic rings. The maximum atomic E-state index is 10.1. The quantitative estimate of drug-likeness (QED) is 0.588. The molecule has 0 aliphatic carbocycles. The van der Waals surface area contributed by atoms with Crippen molar-refractivity contribution in [2.24, 2.45) is 0 Å². The van der Waals surface area contributed by atoms with Crippen molar-refractivity contribution in [1.82, 2.24) is 10.2 Å². The van der Waals surface area contributed by atoms with E-state index in [-0.39, 0.29) is 5.92 Å². The van der Waals surface area contributed by atoms with Crippen LogP contribution >= 0.6 is 0 Å². The molecular formula is C11H22N2O3. The van der Waals surface area contributed by atoms with Crippen LogP contribution in [0.2, 0.25) is 0 Å². The second-order valence-electron chi connectivity index (χ2n) is 2.84. The Morgan fingerprint density at radius 2 is 2.00 bits per heavy atom. The lowest BCUT2D eigenvalue weighted by atomic mass is 10.1. The first-order chi connectivity index (χ1) is 7.61. The van der Waals surface area contributed by atoms with Gasteiger partial charge in [0.2, 0.25) is 0 Å². The second-order valence-corrected chi connectivity index (χ2v) is 2.84. The number of carbonyl (C=O) groups excluding carboxylic acids is 1. The molecule has 1 rings (SSSR count). The van der Waals surface area contributed by atoms with Gasteiger partial charge in [0.25, 0.3) is 0 Å². The van der Waals surface area contributed by atoms with Crippen LogP contribution in [0.3, 0.4) is 0 Å². The van der Waals surface area contributed by atoms with Gasteiger partial charge in [0.15, 0.2) is 0 Å². The van der Waals surface area contributed by atoms with E-state index < -0.39 is 0 Å². The Balaban J connectivity index is 0. The van der Waals surface area contributed by atoms with Crippen LogP contribution in [0.4, 0.5) is 0 Å². The van der Waals surface area contributed by atoms with Crippen molar-refractivity contribution in [1.29, 1.82) is 0 Å². The predicted octanol–water partition coefficient (Wildman–Crippen LogP) is 2.11. The molecule has 0 bridgehead atoms. The lowest BCUT2D eigenvalue weighted by molar-refractivity contribution is -0.108. The van der Waals surface area contributed by atoms with Crippen LogP contribution in [-0.4, -0.2) is 37.7 Å². The van der Waals surface area contributed by atoms with Gasteiger partial charge in [-0.05, 0) is 0 Å². The maximum absolute atomic E-state index is 10.1. The summed E-state index contributed by atoms with van der Waals surface area (Å²) in [7, 11) is 5.29. The van der Waals surface area contributed by atoms with Gasteiger partial charge in [0, 0.05) is 20.2 Å². The van der Waals surface area contributed by atoms with Crippen molar-refractivity contribution in [3.8, 4) is 0 Å². The Morgan fingerprint density at radius 1 is 1.50 bits per heavy atom. The van der Waals surface area contributed by atoms with Gasteiger partial charge in [-0.3, -0.25) is 0 Å². The van der Waals surface area contributed by atoms with Crippen LogP contribution in [0.25, 0.3) is 0 Å². The standard InChI is InChI=1S/C6H7NO2.C3H9NO.C2H6/c1-5(4-8)6-2-3-9-7-6;1-4(2)5-3;1-2/h2-5H,1H3;1-3H3;1-2H3. The summed E-state index contributed by atoms with van der Waals surface area (Å²) in [6, 6.07) is 1.68. The molecule has 1 aromatic rings. The molecule has 94 valence electrons. The average molecular weight is 230 g/mol. The Morgan fingerprint density at radius 3 is 2.25 bits per heavy atom. The van der Waals surface area contributed by atoms with Crippen LogP contribution in [0.1, 0.15) is 32.4 Å². The molecule has 1 heterocycles. The SMILES string of the molecule is CC.CC(C=O)c1ccon1.CON(C)C. The monoisotopic (exact) mass is 230 g/mol. The molecule has 1 aromatic heterocycles. The minimum absolute atomic E-state index is 0.149. The van der Waals surface area contributed by atoms with Gasteiger partial charge < -0.3 is 14.2 Å². The molecule has 16 heavy (non-hydrogen) atoms. The smallest absolute Gasteiger partial charge is 0.128 e. The van der Waals surface area contributed by atoms with Gasteiger partial charge in [-0.2, -0.15) is 5.06 Å². The van der Waals surface area contributed by atoms with Crippen molar-refractivity contribution in [3.05, 3.63) is 18.0 Å². The van der Waals surface area contributed by atoms with Crippen LogP contribution in [-0.2, 0) is 9.63 Å². The fourth-order valence-electron chi connectivity index (χ4n) is 0.526. The van der Waals surface area contributed by atoms with Gasteiger partial charge in [0.1, 0.15) is 12.5 Å². The van der Waals surface area contributed by atoms with E-state index in [1.165, 1.54) is 6.26 Å². The number of hydrogen-bond donors (Lipinski definition) is 0. The zero-order valence-corrected chi connectivity index (χ0v) is 10.9. The molecule has 0 aromatic carbocycles. The van der Waals surface area contributed by atoms with Gasteiger partial charge in [-0.25, -0.2) is 0 Å². The predicted molar refractivity (Wildman–Crippen MR) is 63.0 cm³/mol. The van der Waals surface area contributed by atoms with Gasteiger partial charge >= 0.3 is 0 Å². The number of hydroxylamine groups is 2. The minimum atomic E-state index is -0.149. The fraction of sp³-hybridized carbons (Fsp3) is 0.636. The van der Waals surface area contributed by atoms with E-state index in [0.29, 0.717) is 5.69 Å². The third kappa shape index (κ3) is 9.36. The third-order valence-corrected chi connectivity index (χ3v) is 1.49. The summed E-state index contributed by atoms with van der Waals surface area (Å²) in [4.78, 5) is 14.7. The topological polar surface area (TPSA) is 55.6 Å². The van der Waals surface area contributed by atoms with E-state index in [0.717, 1.165) is 6.29 Å².